The smallest absolute Gasteiger partial charge is 0.337 e. The zero-order chi connectivity index (χ0) is 11.1. The Morgan fingerprint density at radius 3 is 2.43 bits per heavy atom. The van der Waals surface area contributed by atoms with Crippen molar-refractivity contribution in [1.29, 1.82) is 0 Å². The van der Waals surface area contributed by atoms with Gasteiger partial charge in [0.1, 0.15) is 0 Å². The van der Waals surface area contributed by atoms with Gasteiger partial charge >= 0.3 is 5.97 Å². The first-order valence-corrected chi connectivity index (χ1v) is 4.22. The number of methoxy groups -OCH3 is 1. The number of phenols is 1. The number of aromatic hydroxyl groups is 1. The molecule has 0 spiro atoms. The summed E-state index contributed by atoms with van der Waals surface area (Å²) in [7, 11) is 1.21. The number of benzene rings is 1. The summed E-state index contributed by atoms with van der Waals surface area (Å²) in [4.78, 5) is 10.8. The lowest BCUT2D eigenvalue weighted by Gasteiger charge is -1.99. The van der Waals surface area contributed by atoms with Crippen LogP contribution in [0.15, 0.2) is 18.2 Å². The first kappa shape index (κ1) is 12.4. The number of ether oxygens (including phenoxy) is 1. The van der Waals surface area contributed by atoms with Crippen LogP contribution >= 0.6 is 0 Å². The largest absolute Gasteiger partial charge is 0.505 e. The van der Waals surface area contributed by atoms with Gasteiger partial charge in [-0.3, -0.25) is 0 Å². The third-order valence-corrected chi connectivity index (χ3v) is 1.37. The van der Waals surface area contributed by atoms with Crippen LogP contribution in [0.3, 0.4) is 0 Å². The lowest BCUT2D eigenvalue weighted by atomic mass is 10.2. The SMILES string of the molecule is CC.COC(=O)c1ccc(F)c(O)c1. The van der Waals surface area contributed by atoms with Gasteiger partial charge in [0.05, 0.1) is 12.7 Å². The minimum absolute atomic E-state index is 0.122. The Balaban J connectivity index is 0.000000791. The number of phenolic OH excluding ortho intramolecular Hbond substituents is 1. The molecule has 1 aromatic rings. The topological polar surface area (TPSA) is 46.5 Å². The Morgan fingerprint density at radius 2 is 2.00 bits per heavy atom. The number of halogens is 1. The molecule has 0 aliphatic rings. The molecule has 0 heterocycles. The Labute approximate surface area is 82.1 Å². The number of carbonyl (C=O) groups excluding carboxylic acids is 1. The first-order chi connectivity index (χ1) is 6.65. The van der Waals surface area contributed by atoms with Crippen LogP contribution in [0.2, 0.25) is 0 Å². The third kappa shape index (κ3) is 3.05. The molecular weight excluding hydrogens is 187 g/mol. The second kappa shape index (κ2) is 5.96. The standard InChI is InChI=1S/C8H7FO3.C2H6/c1-12-8(11)5-2-3-6(9)7(10)4-5;1-2/h2-4,10H,1H3;1-2H3. The summed E-state index contributed by atoms with van der Waals surface area (Å²) in [5.41, 5.74) is 0.122. The van der Waals surface area contributed by atoms with E-state index in [-0.39, 0.29) is 5.56 Å². The summed E-state index contributed by atoms with van der Waals surface area (Å²) in [6.45, 7) is 4.00. The monoisotopic (exact) mass is 200 g/mol. The quantitative estimate of drug-likeness (QED) is 0.708. The summed E-state index contributed by atoms with van der Waals surface area (Å²) >= 11 is 0. The number of esters is 1. The van der Waals surface area contributed by atoms with Gasteiger partial charge in [-0.15, -0.1) is 0 Å². The zero-order valence-corrected chi connectivity index (χ0v) is 8.37. The van der Waals surface area contributed by atoms with Crippen molar-refractivity contribution in [2.75, 3.05) is 7.11 Å². The highest BCUT2D eigenvalue weighted by Crippen LogP contribution is 2.16. The first-order valence-electron chi connectivity index (χ1n) is 4.22. The van der Waals surface area contributed by atoms with Crippen LogP contribution < -0.4 is 0 Å². The summed E-state index contributed by atoms with van der Waals surface area (Å²) in [6.07, 6.45) is 0. The predicted octanol–water partition coefficient (Wildman–Crippen LogP) is 2.34. The van der Waals surface area contributed by atoms with Crippen LogP contribution in [-0.4, -0.2) is 18.2 Å². The van der Waals surface area contributed by atoms with Crippen molar-refractivity contribution >= 4 is 5.97 Å². The van der Waals surface area contributed by atoms with Crippen LogP contribution in [0.4, 0.5) is 4.39 Å². The molecule has 0 unspecified atom stereocenters. The molecule has 0 aliphatic heterocycles. The van der Waals surface area contributed by atoms with Gasteiger partial charge < -0.3 is 9.84 Å². The average molecular weight is 200 g/mol. The van der Waals surface area contributed by atoms with Gasteiger partial charge in [-0.05, 0) is 18.2 Å². The fourth-order valence-corrected chi connectivity index (χ4v) is 0.757. The van der Waals surface area contributed by atoms with Crippen LogP contribution in [0.1, 0.15) is 24.2 Å². The molecule has 1 N–H and O–H groups in total. The number of hydrogen-bond acceptors (Lipinski definition) is 3. The summed E-state index contributed by atoms with van der Waals surface area (Å²) in [5.74, 6) is -1.93. The van der Waals surface area contributed by atoms with E-state index in [0.717, 1.165) is 12.1 Å². The van der Waals surface area contributed by atoms with E-state index in [2.05, 4.69) is 4.74 Å². The molecule has 14 heavy (non-hydrogen) atoms. The minimum atomic E-state index is -0.761. The summed E-state index contributed by atoms with van der Waals surface area (Å²) in [6, 6.07) is 3.25. The second-order valence-corrected chi connectivity index (χ2v) is 2.16. The molecule has 3 nitrogen and oxygen atoms in total. The Kier molecular flexibility index (Phi) is 5.29. The molecule has 0 atom stereocenters. The fourth-order valence-electron chi connectivity index (χ4n) is 0.757. The van der Waals surface area contributed by atoms with Crippen molar-refractivity contribution < 1.29 is 19.0 Å². The van der Waals surface area contributed by atoms with Gasteiger partial charge in [0.15, 0.2) is 11.6 Å². The minimum Gasteiger partial charge on any atom is -0.505 e. The van der Waals surface area contributed by atoms with E-state index in [9.17, 15) is 9.18 Å². The molecule has 1 aromatic carbocycles. The van der Waals surface area contributed by atoms with Crippen LogP contribution in [0.5, 0.6) is 5.75 Å². The molecular formula is C10H13FO3. The summed E-state index contributed by atoms with van der Waals surface area (Å²) < 4.78 is 16.8. The highest BCUT2D eigenvalue weighted by atomic mass is 19.1. The van der Waals surface area contributed by atoms with Gasteiger partial charge in [-0.25, -0.2) is 9.18 Å². The van der Waals surface area contributed by atoms with Crippen molar-refractivity contribution in [2.24, 2.45) is 0 Å². The highest BCUT2D eigenvalue weighted by molar-refractivity contribution is 5.89. The summed E-state index contributed by atoms with van der Waals surface area (Å²) in [5, 5.41) is 8.86. The zero-order valence-electron chi connectivity index (χ0n) is 8.37. The van der Waals surface area contributed by atoms with Crippen LogP contribution in [0.25, 0.3) is 0 Å². The van der Waals surface area contributed by atoms with Crippen molar-refractivity contribution in [2.45, 2.75) is 13.8 Å². The molecule has 0 aromatic heterocycles. The fraction of sp³-hybridized carbons (Fsp3) is 0.300. The Hall–Kier alpha value is -1.58. The predicted molar refractivity (Wildman–Crippen MR) is 50.8 cm³/mol. The normalized spacial score (nSPS) is 8.57. The average Bonchev–Trinajstić information content (AvgIpc) is 2.24. The van der Waals surface area contributed by atoms with E-state index in [1.54, 1.807) is 0 Å². The van der Waals surface area contributed by atoms with E-state index in [1.165, 1.54) is 13.2 Å². The van der Waals surface area contributed by atoms with Crippen LogP contribution in [0, 0.1) is 5.82 Å². The van der Waals surface area contributed by atoms with Crippen LogP contribution in [-0.2, 0) is 4.74 Å². The third-order valence-electron chi connectivity index (χ3n) is 1.37. The van der Waals surface area contributed by atoms with E-state index in [0.29, 0.717) is 0 Å². The number of hydrogen-bond donors (Lipinski definition) is 1. The second-order valence-electron chi connectivity index (χ2n) is 2.16. The maximum absolute atomic E-state index is 12.5. The molecule has 0 radical (unpaired) electrons. The van der Waals surface area contributed by atoms with E-state index < -0.39 is 17.5 Å². The molecule has 0 bridgehead atoms. The van der Waals surface area contributed by atoms with Crippen molar-refractivity contribution in [1.82, 2.24) is 0 Å². The Morgan fingerprint density at radius 1 is 1.43 bits per heavy atom. The number of rotatable bonds is 1. The van der Waals surface area contributed by atoms with E-state index in [4.69, 9.17) is 5.11 Å². The van der Waals surface area contributed by atoms with Gasteiger partial charge in [-0.1, -0.05) is 13.8 Å². The molecule has 1 rings (SSSR count). The van der Waals surface area contributed by atoms with E-state index >= 15 is 0 Å². The molecule has 0 aliphatic carbocycles. The molecule has 0 fully saturated rings. The highest BCUT2D eigenvalue weighted by Gasteiger charge is 2.07. The molecule has 78 valence electrons. The van der Waals surface area contributed by atoms with Gasteiger partial charge in [0, 0.05) is 0 Å². The maximum Gasteiger partial charge on any atom is 0.337 e. The van der Waals surface area contributed by atoms with Gasteiger partial charge in [-0.2, -0.15) is 0 Å². The van der Waals surface area contributed by atoms with Crippen molar-refractivity contribution in [3.8, 4) is 5.75 Å². The Bertz CT molecular complexity index is 310. The van der Waals surface area contributed by atoms with Gasteiger partial charge in [0.25, 0.3) is 0 Å². The van der Waals surface area contributed by atoms with Crippen molar-refractivity contribution in [3.05, 3.63) is 29.6 Å². The molecule has 0 saturated heterocycles. The lowest BCUT2D eigenvalue weighted by molar-refractivity contribution is 0.0600. The molecule has 0 amide bonds. The molecule has 0 saturated carbocycles. The number of carbonyl (C=O) groups is 1. The van der Waals surface area contributed by atoms with Gasteiger partial charge in [0.2, 0.25) is 0 Å². The lowest BCUT2D eigenvalue weighted by Crippen LogP contribution is -2.00. The van der Waals surface area contributed by atoms with E-state index in [1.807, 2.05) is 13.8 Å². The molecule has 4 heteroatoms. The maximum atomic E-state index is 12.5. The van der Waals surface area contributed by atoms with Crippen molar-refractivity contribution in [3.63, 3.8) is 0 Å².